The molecule has 1 saturated heterocycles. The fraction of sp³-hybridized carbons (Fsp3) is 0.235. The number of benzene rings is 2. The highest BCUT2D eigenvalue weighted by molar-refractivity contribution is 6.33. The van der Waals surface area contributed by atoms with Crippen LogP contribution >= 0.6 is 11.6 Å². The van der Waals surface area contributed by atoms with Gasteiger partial charge in [-0.25, -0.2) is 4.79 Å². The predicted molar refractivity (Wildman–Crippen MR) is 92.4 cm³/mol. The Labute approximate surface area is 140 Å². The SMILES string of the molecule is O=C(Nc1ccccc1Cl)N1CCN(c2ccccc2O)CC1. The molecule has 1 heterocycles. The average Bonchev–Trinajstić information content (AvgIpc) is 2.57. The van der Waals surface area contributed by atoms with Gasteiger partial charge >= 0.3 is 6.03 Å². The highest BCUT2D eigenvalue weighted by atomic mass is 35.5. The number of amides is 2. The quantitative estimate of drug-likeness (QED) is 0.886. The third kappa shape index (κ3) is 3.51. The smallest absolute Gasteiger partial charge is 0.322 e. The number of nitrogens with one attached hydrogen (secondary N) is 1. The summed E-state index contributed by atoms with van der Waals surface area (Å²) >= 11 is 6.06. The summed E-state index contributed by atoms with van der Waals surface area (Å²) < 4.78 is 0. The molecule has 6 heteroatoms. The number of urea groups is 1. The minimum atomic E-state index is -0.157. The summed E-state index contributed by atoms with van der Waals surface area (Å²) in [5.74, 6) is 0.265. The van der Waals surface area contributed by atoms with E-state index in [-0.39, 0.29) is 11.8 Å². The monoisotopic (exact) mass is 331 g/mol. The van der Waals surface area contributed by atoms with Crippen LogP contribution in [0, 0.1) is 0 Å². The maximum Gasteiger partial charge on any atom is 0.322 e. The molecule has 5 nitrogen and oxygen atoms in total. The standard InChI is InChI=1S/C17H18ClN3O2/c18-13-5-1-2-6-14(13)19-17(23)21-11-9-20(10-12-21)15-7-3-4-8-16(15)22/h1-8,22H,9-12H2,(H,19,23). The Kier molecular flexibility index (Phi) is 4.57. The number of aromatic hydroxyl groups is 1. The van der Waals surface area contributed by atoms with Crippen LogP contribution < -0.4 is 10.2 Å². The number of phenolic OH excluding ortho intramolecular Hbond substituents is 1. The Morgan fingerprint density at radius 2 is 1.65 bits per heavy atom. The van der Waals surface area contributed by atoms with Crippen molar-refractivity contribution in [2.75, 3.05) is 36.4 Å². The molecule has 0 aliphatic carbocycles. The summed E-state index contributed by atoms with van der Waals surface area (Å²) in [7, 11) is 0. The van der Waals surface area contributed by atoms with Crippen LogP contribution in [0.15, 0.2) is 48.5 Å². The molecule has 120 valence electrons. The molecule has 1 aliphatic heterocycles. The molecule has 1 fully saturated rings. The van der Waals surface area contributed by atoms with Crippen molar-refractivity contribution in [2.24, 2.45) is 0 Å². The van der Waals surface area contributed by atoms with Crippen LogP contribution in [0.2, 0.25) is 5.02 Å². The van der Waals surface area contributed by atoms with Crippen molar-refractivity contribution in [3.63, 3.8) is 0 Å². The molecule has 0 aromatic heterocycles. The molecule has 2 aromatic carbocycles. The lowest BCUT2D eigenvalue weighted by molar-refractivity contribution is 0.208. The normalized spacial score (nSPS) is 14.7. The number of carbonyl (C=O) groups excluding carboxylic acids is 1. The van der Waals surface area contributed by atoms with E-state index in [4.69, 9.17) is 11.6 Å². The van der Waals surface area contributed by atoms with Gasteiger partial charge in [0.05, 0.1) is 16.4 Å². The highest BCUT2D eigenvalue weighted by Crippen LogP contribution is 2.27. The van der Waals surface area contributed by atoms with Crippen molar-refractivity contribution >= 4 is 29.0 Å². The van der Waals surface area contributed by atoms with E-state index in [0.717, 1.165) is 5.69 Å². The molecule has 2 amide bonds. The zero-order valence-electron chi connectivity index (χ0n) is 12.6. The second kappa shape index (κ2) is 6.79. The van der Waals surface area contributed by atoms with Crippen molar-refractivity contribution in [2.45, 2.75) is 0 Å². The fourth-order valence-corrected chi connectivity index (χ4v) is 2.82. The van der Waals surface area contributed by atoms with Crippen molar-refractivity contribution in [1.29, 1.82) is 0 Å². The summed E-state index contributed by atoms with van der Waals surface area (Å²) in [5.41, 5.74) is 1.42. The van der Waals surface area contributed by atoms with Crippen molar-refractivity contribution < 1.29 is 9.90 Å². The van der Waals surface area contributed by atoms with Crippen LogP contribution in [0.1, 0.15) is 0 Å². The lowest BCUT2D eigenvalue weighted by Crippen LogP contribution is -2.50. The molecule has 0 atom stereocenters. The molecule has 0 spiro atoms. The highest BCUT2D eigenvalue weighted by Gasteiger charge is 2.22. The third-order valence-electron chi connectivity index (χ3n) is 3.90. The number of hydrogen-bond donors (Lipinski definition) is 2. The number of anilines is 2. The van der Waals surface area contributed by atoms with Crippen LogP contribution in [0.5, 0.6) is 5.75 Å². The van der Waals surface area contributed by atoms with E-state index >= 15 is 0 Å². The molecule has 1 aliphatic rings. The Morgan fingerprint density at radius 3 is 2.35 bits per heavy atom. The molecular formula is C17H18ClN3O2. The predicted octanol–water partition coefficient (Wildman–Crippen LogP) is 3.40. The minimum absolute atomic E-state index is 0.157. The van der Waals surface area contributed by atoms with E-state index in [1.54, 1.807) is 29.2 Å². The summed E-state index contributed by atoms with van der Waals surface area (Å²) in [6.07, 6.45) is 0. The van der Waals surface area contributed by atoms with E-state index < -0.39 is 0 Å². The lowest BCUT2D eigenvalue weighted by Gasteiger charge is -2.36. The zero-order valence-corrected chi connectivity index (χ0v) is 13.3. The first-order valence-electron chi connectivity index (χ1n) is 7.48. The summed E-state index contributed by atoms with van der Waals surface area (Å²) in [6, 6.07) is 14.3. The first-order chi connectivity index (χ1) is 11.1. The summed E-state index contributed by atoms with van der Waals surface area (Å²) in [5, 5.41) is 13.3. The van der Waals surface area contributed by atoms with Crippen molar-refractivity contribution in [1.82, 2.24) is 4.90 Å². The fourth-order valence-electron chi connectivity index (χ4n) is 2.64. The molecule has 3 rings (SSSR count). The number of hydrogen-bond acceptors (Lipinski definition) is 3. The van der Waals surface area contributed by atoms with E-state index in [0.29, 0.717) is 36.9 Å². The molecule has 0 bridgehead atoms. The maximum absolute atomic E-state index is 12.3. The number of halogens is 1. The number of phenols is 1. The van der Waals surface area contributed by atoms with Crippen LogP contribution in [-0.2, 0) is 0 Å². The van der Waals surface area contributed by atoms with E-state index in [9.17, 15) is 9.90 Å². The maximum atomic E-state index is 12.3. The van der Waals surface area contributed by atoms with Crippen LogP contribution in [0.3, 0.4) is 0 Å². The van der Waals surface area contributed by atoms with Gasteiger partial charge in [0.2, 0.25) is 0 Å². The second-order valence-electron chi connectivity index (χ2n) is 5.37. The Morgan fingerprint density at radius 1 is 1.00 bits per heavy atom. The number of piperazine rings is 1. The minimum Gasteiger partial charge on any atom is -0.506 e. The second-order valence-corrected chi connectivity index (χ2v) is 5.78. The Bertz CT molecular complexity index is 700. The van der Waals surface area contributed by atoms with Gasteiger partial charge in [-0.05, 0) is 24.3 Å². The van der Waals surface area contributed by atoms with Gasteiger partial charge in [-0.15, -0.1) is 0 Å². The molecular weight excluding hydrogens is 314 g/mol. The van der Waals surface area contributed by atoms with Crippen LogP contribution in [0.25, 0.3) is 0 Å². The van der Waals surface area contributed by atoms with Crippen molar-refractivity contribution in [3.8, 4) is 5.75 Å². The summed E-state index contributed by atoms with van der Waals surface area (Å²) in [6.45, 7) is 2.52. The van der Waals surface area contributed by atoms with Gasteiger partial charge in [0.25, 0.3) is 0 Å². The van der Waals surface area contributed by atoms with Gasteiger partial charge in [0.15, 0.2) is 0 Å². The lowest BCUT2D eigenvalue weighted by atomic mass is 10.2. The summed E-state index contributed by atoms with van der Waals surface area (Å²) in [4.78, 5) is 16.1. The van der Waals surface area contributed by atoms with Gasteiger partial charge in [-0.2, -0.15) is 0 Å². The largest absolute Gasteiger partial charge is 0.506 e. The van der Waals surface area contributed by atoms with Gasteiger partial charge in [0.1, 0.15) is 5.75 Å². The first kappa shape index (κ1) is 15.5. The van der Waals surface area contributed by atoms with Crippen LogP contribution in [0.4, 0.5) is 16.2 Å². The van der Waals surface area contributed by atoms with Gasteiger partial charge in [-0.1, -0.05) is 35.9 Å². The van der Waals surface area contributed by atoms with E-state index in [1.165, 1.54) is 0 Å². The van der Waals surface area contributed by atoms with Gasteiger partial charge < -0.3 is 20.2 Å². The van der Waals surface area contributed by atoms with Crippen molar-refractivity contribution in [3.05, 3.63) is 53.6 Å². The van der Waals surface area contributed by atoms with Crippen LogP contribution in [-0.4, -0.2) is 42.2 Å². The molecule has 2 N–H and O–H groups in total. The average molecular weight is 332 g/mol. The third-order valence-corrected chi connectivity index (χ3v) is 4.23. The first-order valence-corrected chi connectivity index (χ1v) is 7.86. The topological polar surface area (TPSA) is 55.8 Å². The van der Waals surface area contributed by atoms with Gasteiger partial charge in [0, 0.05) is 26.2 Å². The molecule has 23 heavy (non-hydrogen) atoms. The Balaban J connectivity index is 1.60. The zero-order chi connectivity index (χ0) is 16.2. The molecule has 0 saturated carbocycles. The number of carbonyl (C=O) groups is 1. The van der Waals surface area contributed by atoms with Gasteiger partial charge in [-0.3, -0.25) is 0 Å². The molecule has 2 aromatic rings. The molecule has 0 unspecified atom stereocenters. The molecule has 0 radical (unpaired) electrons. The number of para-hydroxylation sites is 3. The number of nitrogens with zero attached hydrogens (tertiary/aromatic N) is 2. The van der Waals surface area contributed by atoms with E-state index in [1.807, 2.05) is 24.3 Å². The van der Waals surface area contributed by atoms with E-state index in [2.05, 4.69) is 10.2 Å². The Hall–Kier alpha value is -2.40. The number of rotatable bonds is 2.